The Morgan fingerprint density at radius 2 is 1.83 bits per heavy atom. The van der Waals surface area contributed by atoms with Crippen LogP contribution >= 0.6 is 0 Å². The van der Waals surface area contributed by atoms with E-state index in [0.29, 0.717) is 18.2 Å². The molecule has 0 aromatic heterocycles. The number of aliphatic imine (C=N–C) groups is 1. The number of phenols is 1. The van der Waals surface area contributed by atoms with Gasteiger partial charge in [0.25, 0.3) is 0 Å². The number of guanidine groups is 1. The molecule has 7 heteroatoms. The van der Waals surface area contributed by atoms with E-state index in [2.05, 4.69) is 29.3 Å². The molecule has 1 fully saturated rings. The molecule has 1 aliphatic rings. The summed E-state index contributed by atoms with van der Waals surface area (Å²) in [6, 6.07) is 11.4. The molecule has 0 radical (unpaired) electrons. The van der Waals surface area contributed by atoms with Crippen molar-refractivity contribution in [1.29, 1.82) is 0 Å². The molecule has 1 saturated heterocycles. The zero-order valence-electron chi connectivity index (χ0n) is 18.1. The van der Waals surface area contributed by atoms with Gasteiger partial charge in [0.15, 0.2) is 17.5 Å². The number of likely N-dealkylation sites (tertiary alicyclic amines) is 1. The summed E-state index contributed by atoms with van der Waals surface area (Å²) < 4.78 is 16.0. The third kappa shape index (κ3) is 5.09. The second kappa shape index (κ2) is 10.1. The number of aromatic hydroxyl groups is 1. The lowest BCUT2D eigenvalue weighted by Crippen LogP contribution is -2.40. The summed E-state index contributed by atoms with van der Waals surface area (Å²) in [4.78, 5) is 7.07. The van der Waals surface area contributed by atoms with Gasteiger partial charge in [0.05, 0.1) is 27.9 Å². The van der Waals surface area contributed by atoms with Crippen LogP contribution in [-0.4, -0.2) is 56.9 Å². The predicted octanol–water partition coefficient (Wildman–Crippen LogP) is 3.37. The molecule has 2 N–H and O–H groups in total. The summed E-state index contributed by atoms with van der Waals surface area (Å²) in [5.41, 5.74) is 2.14. The fourth-order valence-electron chi connectivity index (χ4n) is 3.72. The maximum absolute atomic E-state index is 10.00. The first kappa shape index (κ1) is 21.6. The van der Waals surface area contributed by atoms with E-state index in [9.17, 15) is 5.11 Å². The lowest BCUT2D eigenvalue weighted by molar-refractivity contribution is 0.373. The molecule has 162 valence electrons. The van der Waals surface area contributed by atoms with Crippen molar-refractivity contribution in [2.75, 3.05) is 41.0 Å². The van der Waals surface area contributed by atoms with Gasteiger partial charge in [-0.15, -0.1) is 0 Å². The summed E-state index contributed by atoms with van der Waals surface area (Å²) >= 11 is 0. The molecule has 1 atom stereocenters. The molecule has 3 rings (SSSR count). The topological polar surface area (TPSA) is 75.6 Å². The van der Waals surface area contributed by atoms with E-state index in [0.717, 1.165) is 49.1 Å². The summed E-state index contributed by atoms with van der Waals surface area (Å²) in [6.45, 7) is 5.13. The molecule has 1 heterocycles. The van der Waals surface area contributed by atoms with Crippen LogP contribution in [0.15, 0.2) is 41.4 Å². The van der Waals surface area contributed by atoms with Gasteiger partial charge in [-0.25, -0.2) is 4.99 Å². The maximum atomic E-state index is 10.00. The smallest absolute Gasteiger partial charge is 0.194 e. The van der Waals surface area contributed by atoms with Gasteiger partial charge in [-0.1, -0.05) is 6.07 Å². The zero-order valence-corrected chi connectivity index (χ0v) is 18.1. The van der Waals surface area contributed by atoms with Gasteiger partial charge in [-0.3, -0.25) is 0 Å². The van der Waals surface area contributed by atoms with Crippen molar-refractivity contribution in [3.8, 4) is 23.0 Å². The van der Waals surface area contributed by atoms with Crippen molar-refractivity contribution in [1.82, 2.24) is 10.2 Å². The van der Waals surface area contributed by atoms with Gasteiger partial charge in [-0.2, -0.15) is 0 Å². The Morgan fingerprint density at radius 1 is 1.10 bits per heavy atom. The quantitative estimate of drug-likeness (QED) is 0.535. The number of phenolic OH excluding ortho intramolecular Hbond substituents is 1. The monoisotopic (exact) mass is 413 g/mol. The first-order valence-electron chi connectivity index (χ1n) is 10.2. The number of rotatable bonds is 7. The van der Waals surface area contributed by atoms with Crippen LogP contribution in [0, 0.1) is 0 Å². The largest absolute Gasteiger partial charge is 0.504 e. The number of hydrogen-bond acceptors (Lipinski definition) is 5. The van der Waals surface area contributed by atoms with E-state index in [4.69, 9.17) is 19.2 Å². The van der Waals surface area contributed by atoms with Crippen LogP contribution in [0.2, 0.25) is 0 Å². The highest BCUT2D eigenvalue weighted by molar-refractivity contribution is 5.80. The molecule has 0 saturated carbocycles. The van der Waals surface area contributed by atoms with Crippen LogP contribution in [-0.2, 0) is 6.54 Å². The Bertz CT molecular complexity index is 862. The van der Waals surface area contributed by atoms with Crippen LogP contribution in [0.1, 0.15) is 30.4 Å². The average molecular weight is 414 g/mol. The summed E-state index contributed by atoms with van der Waals surface area (Å²) in [5.74, 6) is 3.47. The molecule has 7 nitrogen and oxygen atoms in total. The number of nitrogens with one attached hydrogen (secondary N) is 1. The highest BCUT2D eigenvalue weighted by Crippen LogP contribution is 2.33. The zero-order chi connectivity index (χ0) is 21.5. The Morgan fingerprint density at radius 3 is 2.43 bits per heavy atom. The average Bonchev–Trinajstić information content (AvgIpc) is 3.26. The summed E-state index contributed by atoms with van der Waals surface area (Å²) in [6.07, 6.45) is 1.03. The second-order valence-electron chi connectivity index (χ2n) is 7.25. The SMILES string of the molecule is CCNC(=NCc1ccc(OC)c(O)c1)N1CCC(c2cc(OC)cc(OC)c2)C1. The van der Waals surface area contributed by atoms with E-state index < -0.39 is 0 Å². The van der Waals surface area contributed by atoms with Crippen LogP contribution in [0.3, 0.4) is 0 Å². The van der Waals surface area contributed by atoms with Gasteiger partial charge in [0, 0.05) is 31.6 Å². The van der Waals surface area contributed by atoms with Crippen molar-refractivity contribution in [3.05, 3.63) is 47.5 Å². The van der Waals surface area contributed by atoms with E-state index in [-0.39, 0.29) is 5.75 Å². The van der Waals surface area contributed by atoms with Crippen molar-refractivity contribution < 1.29 is 19.3 Å². The van der Waals surface area contributed by atoms with Crippen molar-refractivity contribution in [3.63, 3.8) is 0 Å². The Balaban J connectivity index is 1.73. The summed E-state index contributed by atoms with van der Waals surface area (Å²) in [7, 11) is 4.89. The minimum atomic E-state index is 0.128. The second-order valence-corrected chi connectivity index (χ2v) is 7.25. The lowest BCUT2D eigenvalue weighted by Gasteiger charge is -2.22. The van der Waals surface area contributed by atoms with Gasteiger partial charge in [0.2, 0.25) is 0 Å². The van der Waals surface area contributed by atoms with Crippen molar-refractivity contribution in [2.45, 2.75) is 25.8 Å². The fourth-order valence-corrected chi connectivity index (χ4v) is 3.72. The third-order valence-electron chi connectivity index (χ3n) is 5.32. The first-order chi connectivity index (χ1) is 14.6. The molecular formula is C23H31N3O4. The Kier molecular flexibility index (Phi) is 7.27. The van der Waals surface area contributed by atoms with Crippen LogP contribution in [0.25, 0.3) is 0 Å². The Labute approximate surface area is 178 Å². The molecule has 30 heavy (non-hydrogen) atoms. The third-order valence-corrected chi connectivity index (χ3v) is 5.32. The van der Waals surface area contributed by atoms with E-state index >= 15 is 0 Å². The molecule has 0 spiro atoms. The molecule has 0 amide bonds. The fraction of sp³-hybridized carbons (Fsp3) is 0.435. The van der Waals surface area contributed by atoms with E-state index in [1.54, 1.807) is 26.4 Å². The predicted molar refractivity (Wildman–Crippen MR) is 118 cm³/mol. The summed E-state index contributed by atoms with van der Waals surface area (Å²) in [5, 5.41) is 13.4. The van der Waals surface area contributed by atoms with Crippen molar-refractivity contribution in [2.24, 2.45) is 4.99 Å². The van der Waals surface area contributed by atoms with Gasteiger partial charge >= 0.3 is 0 Å². The molecular weight excluding hydrogens is 382 g/mol. The molecule has 1 aliphatic heterocycles. The molecule has 0 bridgehead atoms. The van der Waals surface area contributed by atoms with Crippen LogP contribution < -0.4 is 19.5 Å². The molecule has 0 aliphatic carbocycles. The first-order valence-corrected chi connectivity index (χ1v) is 10.2. The molecule has 1 unspecified atom stereocenters. The van der Waals surface area contributed by atoms with Crippen LogP contribution in [0.4, 0.5) is 0 Å². The normalized spacial score (nSPS) is 16.5. The highest BCUT2D eigenvalue weighted by atomic mass is 16.5. The number of hydrogen-bond donors (Lipinski definition) is 2. The maximum Gasteiger partial charge on any atom is 0.194 e. The lowest BCUT2D eigenvalue weighted by atomic mass is 9.98. The van der Waals surface area contributed by atoms with Crippen molar-refractivity contribution >= 4 is 5.96 Å². The van der Waals surface area contributed by atoms with Gasteiger partial charge in [-0.05, 0) is 48.7 Å². The number of methoxy groups -OCH3 is 3. The highest BCUT2D eigenvalue weighted by Gasteiger charge is 2.27. The van der Waals surface area contributed by atoms with E-state index in [1.807, 2.05) is 12.1 Å². The van der Waals surface area contributed by atoms with E-state index in [1.165, 1.54) is 12.7 Å². The number of nitrogens with zero attached hydrogens (tertiary/aromatic N) is 2. The van der Waals surface area contributed by atoms with Gasteiger partial charge in [0.1, 0.15) is 11.5 Å². The minimum Gasteiger partial charge on any atom is -0.504 e. The van der Waals surface area contributed by atoms with Crippen LogP contribution in [0.5, 0.6) is 23.0 Å². The van der Waals surface area contributed by atoms with Gasteiger partial charge < -0.3 is 29.5 Å². The molecule has 2 aromatic rings. The minimum absolute atomic E-state index is 0.128. The molecule has 2 aromatic carbocycles. The number of ether oxygens (including phenoxy) is 3. The standard InChI is InChI=1S/C23H31N3O4/c1-5-24-23(25-14-16-6-7-22(30-4)21(27)10-16)26-9-8-17(15-26)18-11-19(28-2)13-20(12-18)29-3/h6-7,10-13,17,27H,5,8-9,14-15H2,1-4H3,(H,24,25). The Hall–Kier alpha value is -3.09. The number of benzene rings is 2.